The zero-order valence-electron chi connectivity index (χ0n) is 13.2. The third-order valence-electron chi connectivity index (χ3n) is 2.94. The van der Waals surface area contributed by atoms with Gasteiger partial charge >= 0.3 is 5.97 Å². The minimum absolute atomic E-state index is 0.212. The number of halogens is 1. The third kappa shape index (κ3) is 5.08. The van der Waals surface area contributed by atoms with Gasteiger partial charge in [0.1, 0.15) is 0 Å². The predicted octanol–water partition coefficient (Wildman–Crippen LogP) is 4.72. The molecule has 0 aliphatic carbocycles. The second kappa shape index (κ2) is 9.11. The molecule has 118 valence electrons. The summed E-state index contributed by atoms with van der Waals surface area (Å²) in [5.74, 6) is -0.212. The quantitative estimate of drug-likeness (QED) is 0.655. The van der Waals surface area contributed by atoms with Crippen LogP contribution in [0.25, 0.3) is 11.1 Å². The normalized spacial score (nSPS) is 9.64. The van der Waals surface area contributed by atoms with E-state index in [4.69, 9.17) is 22.1 Å². The Kier molecular flexibility index (Phi) is 7.47. The molecule has 2 aromatic carbocycles. The summed E-state index contributed by atoms with van der Waals surface area (Å²) in [6.45, 7) is 6.20. The Morgan fingerprint density at radius 3 is 2.23 bits per heavy atom. The number of ether oxygens (including phenoxy) is 1. The van der Waals surface area contributed by atoms with Crippen molar-refractivity contribution in [1.82, 2.24) is 0 Å². The van der Waals surface area contributed by atoms with Crippen molar-refractivity contribution in [2.75, 3.05) is 12.3 Å². The maximum atomic E-state index is 11.4. The molecule has 0 aliphatic heterocycles. The molecule has 0 aromatic heterocycles. The number of carbonyl (C=O) groups excluding carboxylic acids is 1. The van der Waals surface area contributed by atoms with Crippen LogP contribution in [0.3, 0.4) is 0 Å². The number of carbonyl (C=O) groups is 1. The summed E-state index contributed by atoms with van der Waals surface area (Å²) in [4.78, 5) is 11.4. The van der Waals surface area contributed by atoms with Gasteiger partial charge < -0.3 is 10.5 Å². The lowest BCUT2D eigenvalue weighted by atomic mass is 10.0. The standard InChI is InChI=1S/C16H16ClNO2.C2H6/c1-2-20-16(19)9-11-3-5-12(6-4-11)13-7-8-15(18)14(17)10-13;1-2/h3-8,10H,2,9,18H2,1H3;1-2H3. The summed E-state index contributed by atoms with van der Waals surface area (Å²) in [6, 6.07) is 13.3. The molecule has 0 aliphatic rings. The van der Waals surface area contributed by atoms with Gasteiger partial charge in [0, 0.05) is 0 Å². The van der Waals surface area contributed by atoms with E-state index >= 15 is 0 Å². The molecule has 0 bridgehead atoms. The first-order valence-electron chi connectivity index (χ1n) is 7.40. The van der Waals surface area contributed by atoms with Crippen LogP contribution in [0.4, 0.5) is 5.69 Å². The van der Waals surface area contributed by atoms with Crippen LogP contribution < -0.4 is 5.73 Å². The Hall–Kier alpha value is -2.00. The fourth-order valence-corrected chi connectivity index (χ4v) is 2.08. The summed E-state index contributed by atoms with van der Waals surface area (Å²) in [6.07, 6.45) is 0.288. The molecule has 0 saturated carbocycles. The molecule has 4 heteroatoms. The SMILES string of the molecule is CC.CCOC(=O)Cc1ccc(-c2ccc(N)c(Cl)c2)cc1. The number of anilines is 1. The Labute approximate surface area is 137 Å². The summed E-state index contributed by atoms with van der Waals surface area (Å²) >= 11 is 6.01. The number of benzene rings is 2. The van der Waals surface area contributed by atoms with Crippen molar-refractivity contribution in [2.45, 2.75) is 27.2 Å². The van der Waals surface area contributed by atoms with E-state index in [1.807, 2.05) is 50.2 Å². The van der Waals surface area contributed by atoms with Gasteiger partial charge in [-0.05, 0) is 35.7 Å². The van der Waals surface area contributed by atoms with Gasteiger partial charge in [-0.1, -0.05) is 55.8 Å². The van der Waals surface area contributed by atoms with Gasteiger partial charge in [0.25, 0.3) is 0 Å². The summed E-state index contributed by atoms with van der Waals surface area (Å²) in [5.41, 5.74) is 9.20. The molecule has 0 heterocycles. The smallest absolute Gasteiger partial charge is 0.310 e. The Balaban J connectivity index is 0.00000116. The van der Waals surface area contributed by atoms with E-state index in [9.17, 15) is 4.79 Å². The highest BCUT2D eigenvalue weighted by molar-refractivity contribution is 6.33. The van der Waals surface area contributed by atoms with E-state index in [2.05, 4.69) is 0 Å². The number of esters is 1. The zero-order valence-corrected chi connectivity index (χ0v) is 14.0. The lowest BCUT2D eigenvalue weighted by Gasteiger charge is -2.06. The topological polar surface area (TPSA) is 52.3 Å². The molecule has 0 saturated heterocycles. The number of rotatable bonds is 4. The molecule has 2 N–H and O–H groups in total. The van der Waals surface area contributed by atoms with Crippen LogP contribution in [0.2, 0.25) is 5.02 Å². The second-order valence-electron chi connectivity index (χ2n) is 4.42. The zero-order chi connectivity index (χ0) is 16.5. The maximum Gasteiger partial charge on any atom is 0.310 e. The molecule has 2 rings (SSSR count). The molecule has 22 heavy (non-hydrogen) atoms. The highest BCUT2D eigenvalue weighted by Gasteiger charge is 2.05. The van der Waals surface area contributed by atoms with E-state index in [1.165, 1.54) is 0 Å². The van der Waals surface area contributed by atoms with E-state index < -0.39 is 0 Å². The first-order valence-corrected chi connectivity index (χ1v) is 7.78. The first kappa shape index (κ1) is 18.1. The van der Waals surface area contributed by atoms with Crippen LogP contribution in [-0.4, -0.2) is 12.6 Å². The highest BCUT2D eigenvalue weighted by atomic mass is 35.5. The fourth-order valence-electron chi connectivity index (χ4n) is 1.90. The van der Waals surface area contributed by atoms with Gasteiger partial charge in [0.15, 0.2) is 0 Å². The average molecular weight is 320 g/mol. The Morgan fingerprint density at radius 1 is 1.09 bits per heavy atom. The number of hydrogen-bond donors (Lipinski definition) is 1. The fraction of sp³-hybridized carbons (Fsp3) is 0.278. The molecule has 0 amide bonds. The van der Waals surface area contributed by atoms with Crippen LogP contribution >= 0.6 is 11.6 Å². The van der Waals surface area contributed by atoms with Gasteiger partial charge in [-0.3, -0.25) is 4.79 Å². The van der Waals surface area contributed by atoms with E-state index in [1.54, 1.807) is 13.0 Å². The lowest BCUT2D eigenvalue weighted by molar-refractivity contribution is -0.142. The van der Waals surface area contributed by atoms with Crippen LogP contribution in [0.5, 0.6) is 0 Å². The van der Waals surface area contributed by atoms with Gasteiger partial charge in [0.05, 0.1) is 23.7 Å². The molecule has 0 radical (unpaired) electrons. The van der Waals surface area contributed by atoms with E-state index in [-0.39, 0.29) is 12.4 Å². The van der Waals surface area contributed by atoms with Crippen molar-refractivity contribution >= 4 is 23.3 Å². The molecule has 0 unspecified atom stereocenters. The Morgan fingerprint density at radius 2 is 1.68 bits per heavy atom. The first-order chi connectivity index (χ1) is 10.6. The maximum absolute atomic E-state index is 11.4. The Bertz CT molecular complexity index is 609. The minimum atomic E-state index is -0.212. The van der Waals surface area contributed by atoms with Crippen molar-refractivity contribution in [1.29, 1.82) is 0 Å². The summed E-state index contributed by atoms with van der Waals surface area (Å²) < 4.78 is 4.92. The molecular formula is C18H22ClNO2. The minimum Gasteiger partial charge on any atom is -0.466 e. The van der Waals surface area contributed by atoms with Crippen molar-refractivity contribution in [3.63, 3.8) is 0 Å². The number of hydrogen-bond acceptors (Lipinski definition) is 3. The van der Waals surface area contributed by atoms with Gasteiger partial charge in [-0.2, -0.15) is 0 Å². The van der Waals surface area contributed by atoms with Crippen molar-refractivity contribution < 1.29 is 9.53 Å². The molecule has 0 spiro atoms. The van der Waals surface area contributed by atoms with Gasteiger partial charge in [-0.25, -0.2) is 0 Å². The number of nitrogens with two attached hydrogens (primary N) is 1. The van der Waals surface area contributed by atoms with Gasteiger partial charge in [-0.15, -0.1) is 0 Å². The van der Waals surface area contributed by atoms with Gasteiger partial charge in [0.2, 0.25) is 0 Å². The molecule has 0 fully saturated rings. The summed E-state index contributed by atoms with van der Waals surface area (Å²) in [7, 11) is 0. The van der Waals surface area contributed by atoms with Crippen LogP contribution in [0, 0.1) is 0 Å². The number of nitrogen functional groups attached to an aromatic ring is 1. The monoisotopic (exact) mass is 319 g/mol. The van der Waals surface area contributed by atoms with Crippen LogP contribution in [0.15, 0.2) is 42.5 Å². The van der Waals surface area contributed by atoms with E-state index in [0.29, 0.717) is 17.3 Å². The van der Waals surface area contributed by atoms with Crippen molar-refractivity contribution in [3.8, 4) is 11.1 Å². The molecule has 2 aromatic rings. The van der Waals surface area contributed by atoms with Crippen molar-refractivity contribution in [3.05, 3.63) is 53.1 Å². The summed E-state index contributed by atoms with van der Waals surface area (Å²) in [5, 5.41) is 0.540. The predicted molar refractivity (Wildman–Crippen MR) is 93.0 cm³/mol. The van der Waals surface area contributed by atoms with Crippen molar-refractivity contribution in [2.24, 2.45) is 0 Å². The van der Waals surface area contributed by atoms with Crippen LogP contribution in [-0.2, 0) is 16.0 Å². The highest BCUT2D eigenvalue weighted by Crippen LogP contribution is 2.27. The van der Waals surface area contributed by atoms with Crippen LogP contribution in [0.1, 0.15) is 26.3 Å². The average Bonchev–Trinajstić information content (AvgIpc) is 2.53. The largest absolute Gasteiger partial charge is 0.466 e. The third-order valence-corrected chi connectivity index (χ3v) is 3.27. The lowest BCUT2D eigenvalue weighted by Crippen LogP contribution is -2.07. The second-order valence-corrected chi connectivity index (χ2v) is 4.82. The molecule has 0 atom stereocenters. The van der Waals surface area contributed by atoms with E-state index in [0.717, 1.165) is 16.7 Å². The molecular weight excluding hydrogens is 298 g/mol. The molecule has 3 nitrogen and oxygen atoms in total.